The minimum absolute atomic E-state index is 0.0113. The number of carbonyl (C=O) groups is 1. The summed E-state index contributed by atoms with van der Waals surface area (Å²) in [5.74, 6) is 0.479. The zero-order chi connectivity index (χ0) is 28.4. The van der Waals surface area contributed by atoms with E-state index in [1.54, 1.807) is 36.4 Å². The standard InChI is InChI=1S/C27H24F6N2O4/c1-38-20-3-2-4-21(15-20)39-22-7-5-18-14-19(25(37,26(28,29)30)27(31,32)33)6-8-23(18)35(16-22)24(36)13-17-9-11-34-12-10-17/h2-4,6,8-12,14-15,22,37H,5,7,13,16H2,1H3/t22-/m0/s1. The first-order valence-corrected chi connectivity index (χ1v) is 11.8. The van der Waals surface area contributed by atoms with Gasteiger partial charge in [0.1, 0.15) is 17.6 Å². The highest BCUT2D eigenvalue weighted by molar-refractivity contribution is 5.95. The summed E-state index contributed by atoms with van der Waals surface area (Å²) >= 11 is 0. The number of halogens is 6. The van der Waals surface area contributed by atoms with E-state index in [2.05, 4.69) is 4.98 Å². The number of fused-ring (bicyclic) bond motifs is 1. The average molecular weight is 554 g/mol. The van der Waals surface area contributed by atoms with Crippen LogP contribution in [0.3, 0.4) is 0 Å². The lowest BCUT2D eigenvalue weighted by Crippen LogP contribution is -2.54. The molecule has 0 saturated carbocycles. The smallest absolute Gasteiger partial charge is 0.430 e. The monoisotopic (exact) mass is 554 g/mol. The molecule has 0 radical (unpaired) electrons. The summed E-state index contributed by atoms with van der Waals surface area (Å²) in [5, 5.41) is 9.92. The third-order valence-corrected chi connectivity index (χ3v) is 6.48. The van der Waals surface area contributed by atoms with E-state index in [0.717, 1.165) is 6.07 Å². The maximum Gasteiger partial charge on any atom is 0.430 e. The van der Waals surface area contributed by atoms with Crippen molar-refractivity contribution in [2.75, 3.05) is 18.6 Å². The van der Waals surface area contributed by atoms with Crippen LogP contribution in [-0.4, -0.2) is 48.1 Å². The molecular weight excluding hydrogens is 530 g/mol. The molecule has 0 saturated heterocycles. The summed E-state index contributed by atoms with van der Waals surface area (Å²) in [6.07, 6.45) is -9.66. The Balaban J connectivity index is 1.73. The van der Waals surface area contributed by atoms with E-state index in [9.17, 15) is 36.2 Å². The molecule has 2 heterocycles. The number of pyridine rings is 1. The number of alkyl halides is 6. The third-order valence-electron chi connectivity index (χ3n) is 6.48. The topological polar surface area (TPSA) is 71.9 Å². The fourth-order valence-electron chi connectivity index (χ4n) is 4.44. The van der Waals surface area contributed by atoms with E-state index in [4.69, 9.17) is 9.47 Å². The summed E-state index contributed by atoms with van der Waals surface area (Å²) in [4.78, 5) is 18.6. The van der Waals surface area contributed by atoms with Gasteiger partial charge in [-0.2, -0.15) is 26.3 Å². The predicted molar refractivity (Wildman–Crippen MR) is 128 cm³/mol. The molecule has 1 N–H and O–H groups in total. The molecular formula is C27H24F6N2O4. The number of methoxy groups -OCH3 is 1. The van der Waals surface area contributed by atoms with E-state index >= 15 is 0 Å². The molecule has 6 nitrogen and oxygen atoms in total. The minimum atomic E-state index is -6.03. The fraction of sp³-hybridized carbons (Fsp3) is 0.333. The Kier molecular flexibility index (Phi) is 7.78. The second-order valence-corrected chi connectivity index (χ2v) is 9.04. The van der Waals surface area contributed by atoms with Crippen LogP contribution in [-0.2, 0) is 23.2 Å². The van der Waals surface area contributed by atoms with Crippen molar-refractivity contribution in [1.82, 2.24) is 4.98 Å². The molecule has 1 atom stereocenters. The largest absolute Gasteiger partial charge is 0.497 e. The van der Waals surface area contributed by atoms with E-state index in [1.165, 1.54) is 24.4 Å². The van der Waals surface area contributed by atoms with Crippen molar-refractivity contribution in [3.8, 4) is 11.5 Å². The molecule has 208 valence electrons. The predicted octanol–water partition coefficient (Wildman–Crippen LogP) is 5.37. The molecule has 39 heavy (non-hydrogen) atoms. The number of ether oxygens (including phenoxy) is 2. The lowest BCUT2D eigenvalue weighted by atomic mass is 9.89. The van der Waals surface area contributed by atoms with E-state index in [1.807, 2.05) is 0 Å². The first kappa shape index (κ1) is 28.2. The molecule has 0 aliphatic carbocycles. The summed E-state index contributed by atoms with van der Waals surface area (Å²) in [5.41, 5.74) is -5.66. The van der Waals surface area contributed by atoms with Gasteiger partial charge in [0.2, 0.25) is 5.91 Å². The van der Waals surface area contributed by atoms with Gasteiger partial charge in [-0.25, -0.2) is 0 Å². The van der Waals surface area contributed by atoms with Gasteiger partial charge >= 0.3 is 12.4 Å². The molecule has 12 heteroatoms. The highest BCUT2D eigenvalue weighted by Gasteiger charge is 2.71. The molecule has 1 aliphatic heterocycles. The lowest BCUT2D eigenvalue weighted by Gasteiger charge is -2.33. The van der Waals surface area contributed by atoms with Crippen LogP contribution >= 0.6 is 0 Å². The van der Waals surface area contributed by atoms with Crippen molar-refractivity contribution in [2.24, 2.45) is 0 Å². The number of anilines is 1. The molecule has 1 aromatic heterocycles. The Morgan fingerprint density at radius 3 is 2.31 bits per heavy atom. The number of nitrogens with zero attached hydrogens (tertiary/aromatic N) is 2. The van der Waals surface area contributed by atoms with Gasteiger partial charge in [0, 0.05) is 29.7 Å². The van der Waals surface area contributed by atoms with Crippen LogP contribution < -0.4 is 14.4 Å². The lowest BCUT2D eigenvalue weighted by molar-refractivity contribution is -0.376. The van der Waals surface area contributed by atoms with Crippen molar-refractivity contribution in [3.05, 3.63) is 83.7 Å². The SMILES string of the molecule is COc1cccc(O[C@H]2CCc3cc(C(O)(C(F)(F)F)C(F)(F)F)ccc3N(C(=O)Cc3ccncc3)C2)c1. The van der Waals surface area contributed by atoms with Crippen LogP contribution in [0.2, 0.25) is 0 Å². The maximum atomic E-state index is 13.5. The number of aliphatic hydroxyl groups is 1. The Morgan fingerprint density at radius 1 is 1.00 bits per heavy atom. The van der Waals surface area contributed by atoms with Gasteiger partial charge in [0.05, 0.1) is 20.1 Å². The number of hydrogen-bond donors (Lipinski definition) is 1. The molecule has 0 bridgehead atoms. The second kappa shape index (κ2) is 10.8. The van der Waals surface area contributed by atoms with Crippen molar-refractivity contribution in [2.45, 2.75) is 43.3 Å². The fourth-order valence-corrected chi connectivity index (χ4v) is 4.44. The summed E-state index contributed by atoms with van der Waals surface area (Å²) in [6, 6.07) is 12.1. The van der Waals surface area contributed by atoms with Crippen molar-refractivity contribution in [1.29, 1.82) is 0 Å². The third kappa shape index (κ3) is 5.80. The molecule has 0 unspecified atom stereocenters. The van der Waals surface area contributed by atoms with E-state index in [-0.39, 0.29) is 37.1 Å². The molecule has 4 rings (SSSR count). The van der Waals surface area contributed by atoms with Crippen LogP contribution in [0, 0.1) is 0 Å². The molecule has 1 aliphatic rings. The van der Waals surface area contributed by atoms with E-state index < -0.39 is 35.5 Å². The zero-order valence-corrected chi connectivity index (χ0v) is 20.6. The summed E-state index contributed by atoms with van der Waals surface area (Å²) in [6.45, 7) is -0.0176. The quantitative estimate of drug-likeness (QED) is 0.415. The Hall–Kier alpha value is -3.80. The summed E-state index contributed by atoms with van der Waals surface area (Å²) < 4.78 is 92.5. The molecule has 3 aromatic rings. The number of aromatic nitrogens is 1. The van der Waals surface area contributed by atoms with Gasteiger partial charge in [-0.15, -0.1) is 0 Å². The zero-order valence-electron chi connectivity index (χ0n) is 20.6. The first-order chi connectivity index (χ1) is 18.3. The van der Waals surface area contributed by atoms with Gasteiger partial charge in [-0.3, -0.25) is 9.78 Å². The Bertz CT molecular complexity index is 1300. The number of amides is 1. The molecule has 1 amide bonds. The number of hydrogen-bond acceptors (Lipinski definition) is 5. The minimum Gasteiger partial charge on any atom is -0.497 e. The van der Waals surface area contributed by atoms with Gasteiger partial charge in [0.25, 0.3) is 5.60 Å². The molecule has 2 aromatic carbocycles. The van der Waals surface area contributed by atoms with Crippen LogP contribution in [0.25, 0.3) is 0 Å². The number of aryl methyl sites for hydroxylation is 1. The first-order valence-electron chi connectivity index (χ1n) is 11.8. The van der Waals surface area contributed by atoms with Gasteiger partial charge in [-0.05, 0) is 54.3 Å². The number of benzene rings is 2. The van der Waals surface area contributed by atoms with Gasteiger partial charge in [0.15, 0.2) is 0 Å². The normalized spacial score (nSPS) is 16.3. The van der Waals surface area contributed by atoms with Gasteiger partial charge < -0.3 is 19.5 Å². The van der Waals surface area contributed by atoms with E-state index in [0.29, 0.717) is 29.2 Å². The van der Waals surface area contributed by atoms with Crippen LogP contribution in [0.4, 0.5) is 32.0 Å². The van der Waals surface area contributed by atoms with Crippen molar-refractivity contribution >= 4 is 11.6 Å². The summed E-state index contributed by atoms with van der Waals surface area (Å²) in [7, 11) is 1.47. The van der Waals surface area contributed by atoms with Crippen LogP contribution in [0.5, 0.6) is 11.5 Å². The molecule has 0 fully saturated rings. The average Bonchev–Trinajstić information content (AvgIpc) is 3.06. The Labute approximate surface area is 219 Å². The van der Waals surface area contributed by atoms with Crippen LogP contribution in [0.1, 0.15) is 23.1 Å². The van der Waals surface area contributed by atoms with Crippen LogP contribution in [0.15, 0.2) is 67.0 Å². The Morgan fingerprint density at radius 2 is 1.67 bits per heavy atom. The highest BCUT2D eigenvalue weighted by Crippen LogP contribution is 2.50. The van der Waals surface area contributed by atoms with Gasteiger partial charge in [-0.1, -0.05) is 18.2 Å². The molecule has 0 spiro atoms. The maximum absolute atomic E-state index is 13.5. The second-order valence-electron chi connectivity index (χ2n) is 9.04. The highest BCUT2D eigenvalue weighted by atomic mass is 19.4. The van der Waals surface area contributed by atoms with Crippen molar-refractivity contribution < 1.29 is 45.7 Å². The number of carbonyl (C=O) groups excluding carboxylic acids is 1. The van der Waals surface area contributed by atoms with Crippen molar-refractivity contribution in [3.63, 3.8) is 0 Å². The number of rotatable bonds is 6.